The van der Waals surface area contributed by atoms with Gasteiger partial charge >= 0.3 is 6.03 Å². The molecule has 7 heteroatoms. The van der Waals surface area contributed by atoms with Crippen LogP contribution in [0.5, 0.6) is 5.75 Å². The molecule has 0 aliphatic carbocycles. The summed E-state index contributed by atoms with van der Waals surface area (Å²) in [7, 11) is 1.63. The van der Waals surface area contributed by atoms with Crippen LogP contribution >= 0.6 is 0 Å². The first-order valence-electron chi connectivity index (χ1n) is 10.2. The topological polar surface area (TPSA) is 80.5 Å². The van der Waals surface area contributed by atoms with Crippen molar-refractivity contribution in [2.75, 3.05) is 25.5 Å². The van der Waals surface area contributed by atoms with Crippen LogP contribution in [0.4, 0.5) is 10.5 Å². The number of amides is 2. The van der Waals surface area contributed by atoms with E-state index in [1.165, 1.54) is 0 Å². The molecule has 1 fully saturated rings. The highest BCUT2D eigenvalue weighted by atomic mass is 16.5. The highest BCUT2D eigenvalue weighted by Gasteiger charge is 2.29. The van der Waals surface area contributed by atoms with Gasteiger partial charge in [-0.15, -0.1) is 0 Å². The molecule has 1 N–H and O–H groups in total. The number of methoxy groups -OCH3 is 1. The molecular weight excluding hydrogens is 380 g/mol. The molecule has 1 atom stereocenters. The van der Waals surface area contributed by atoms with Crippen LogP contribution in [0.1, 0.15) is 35.8 Å². The van der Waals surface area contributed by atoms with Crippen molar-refractivity contribution in [3.05, 3.63) is 59.5 Å². The Balaban J connectivity index is 1.46. The SMILES string of the molecule is COc1cccc(-c2noc(C3CCCN(C(=O)Nc4c(C)cccc4C)C3)n2)c1. The molecule has 1 unspecified atom stereocenters. The number of nitrogens with one attached hydrogen (secondary N) is 1. The highest BCUT2D eigenvalue weighted by molar-refractivity contribution is 5.91. The molecule has 0 radical (unpaired) electrons. The third kappa shape index (κ3) is 4.15. The number of hydrogen-bond acceptors (Lipinski definition) is 5. The van der Waals surface area contributed by atoms with Crippen molar-refractivity contribution in [1.82, 2.24) is 15.0 Å². The number of nitrogens with zero attached hydrogens (tertiary/aromatic N) is 3. The molecule has 4 rings (SSSR count). The van der Waals surface area contributed by atoms with Crippen molar-refractivity contribution < 1.29 is 14.1 Å². The second-order valence-electron chi connectivity index (χ2n) is 7.67. The number of hydrogen-bond donors (Lipinski definition) is 1. The maximum absolute atomic E-state index is 12.9. The number of carbonyl (C=O) groups excluding carboxylic acids is 1. The summed E-state index contributed by atoms with van der Waals surface area (Å²) in [6, 6.07) is 13.5. The fourth-order valence-corrected chi connectivity index (χ4v) is 3.84. The molecule has 156 valence electrons. The smallest absolute Gasteiger partial charge is 0.321 e. The number of ether oxygens (including phenoxy) is 1. The van der Waals surface area contributed by atoms with Gasteiger partial charge in [-0.2, -0.15) is 4.98 Å². The van der Waals surface area contributed by atoms with Crippen molar-refractivity contribution in [3.8, 4) is 17.1 Å². The molecule has 2 amide bonds. The maximum atomic E-state index is 12.9. The molecular formula is C23H26N4O3. The van der Waals surface area contributed by atoms with E-state index in [1.807, 2.05) is 61.2 Å². The standard InChI is InChI=1S/C23H26N4O3/c1-15-7-4-8-16(2)20(15)24-23(28)27-12-6-10-18(14-27)22-25-21(26-30-22)17-9-5-11-19(13-17)29-3/h4-5,7-9,11,13,18H,6,10,12,14H2,1-3H3,(H,24,28). The average molecular weight is 406 g/mol. The van der Waals surface area contributed by atoms with Gasteiger partial charge in [0.05, 0.1) is 13.0 Å². The molecule has 1 saturated heterocycles. The number of likely N-dealkylation sites (tertiary alicyclic amines) is 1. The van der Waals surface area contributed by atoms with E-state index < -0.39 is 0 Å². The van der Waals surface area contributed by atoms with Gasteiger partial charge in [0.2, 0.25) is 11.7 Å². The van der Waals surface area contributed by atoms with Gasteiger partial charge in [0.1, 0.15) is 5.75 Å². The summed E-state index contributed by atoms with van der Waals surface area (Å²) in [6.07, 6.45) is 1.80. The summed E-state index contributed by atoms with van der Waals surface area (Å²) in [5.41, 5.74) is 3.82. The number of aromatic nitrogens is 2. The predicted octanol–water partition coefficient (Wildman–Crippen LogP) is 4.77. The Kier molecular flexibility index (Phi) is 5.70. The van der Waals surface area contributed by atoms with E-state index in [1.54, 1.807) is 7.11 Å². The Morgan fingerprint density at radius 1 is 1.20 bits per heavy atom. The first-order chi connectivity index (χ1) is 14.5. The Hall–Kier alpha value is -3.35. The normalized spacial score (nSPS) is 16.4. The summed E-state index contributed by atoms with van der Waals surface area (Å²) in [4.78, 5) is 19.3. The van der Waals surface area contributed by atoms with Crippen molar-refractivity contribution in [3.63, 3.8) is 0 Å². The third-order valence-electron chi connectivity index (χ3n) is 5.54. The van der Waals surface area contributed by atoms with Gasteiger partial charge in [-0.05, 0) is 49.9 Å². The zero-order valence-corrected chi connectivity index (χ0v) is 17.5. The molecule has 0 saturated carbocycles. The molecule has 1 aliphatic heterocycles. The van der Waals surface area contributed by atoms with Gasteiger partial charge in [0.25, 0.3) is 0 Å². The lowest BCUT2D eigenvalue weighted by Crippen LogP contribution is -2.41. The quantitative estimate of drug-likeness (QED) is 0.675. The lowest BCUT2D eigenvalue weighted by Gasteiger charge is -2.31. The molecule has 2 heterocycles. The first-order valence-corrected chi connectivity index (χ1v) is 10.2. The Bertz CT molecular complexity index is 1030. The minimum absolute atomic E-state index is 0.0225. The fraction of sp³-hybridized carbons (Fsp3) is 0.348. The number of carbonyl (C=O) groups is 1. The van der Waals surface area contributed by atoms with Gasteiger partial charge in [-0.25, -0.2) is 4.79 Å². The number of urea groups is 1. The van der Waals surface area contributed by atoms with Crippen LogP contribution in [0.15, 0.2) is 47.0 Å². The van der Waals surface area contributed by atoms with Gasteiger partial charge in [-0.1, -0.05) is 35.5 Å². The largest absolute Gasteiger partial charge is 0.497 e. The van der Waals surface area contributed by atoms with Crippen molar-refractivity contribution in [2.45, 2.75) is 32.6 Å². The predicted molar refractivity (Wildman–Crippen MR) is 115 cm³/mol. The number of para-hydroxylation sites is 1. The Labute approximate surface area is 176 Å². The second kappa shape index (κ2) is 8.57. The zero-order valence-electron chi connectivity index (χ0n) is 17.5. The van der Waals surface area contributed by atoms with E-state index in [2.05, 4.69) is 15.5 Å². The molecule has 0 bridgehead atoms. The van der Waals surface area contributed by atoms with Crippen LogP contribution in [-0.4, -0.2) is 41.3 Å². The number of anilines is 1. The van der Waals surface area contributed by atoms with Crippen molar-refractivity contribution in [1.29, 1.82) is 0 Å². The minimum Gasteiger partial charge on any atom is -0.497 e. The van der Waals surface area contributed by atoms with Crippen molar-refractivity contribution in [2.24, 2.45) is 0 Å². The highest BCUT2D eigenvalue weighted by Crippen LogP contribution is 2.29. The molecule has 0 spiro atoms. The van der Waals surface area contributed by atoms with Crippen LogP contribution in [0, 0.1) is 13.8 Å². The third-order valence-corrected chi connectivity index (χ3v) is 5.54. The number of aryl methyl sites for hydroxylation is 2. The van der Waals surface area contributed by atoms with E-state index in [0.717, 1.165) is 41.0 Å². The summed E-state index contributed by atoms with van der Waals surface area (Å²) < 4.78 is 10.8. The van der Waals surface area contributed by atoms with Crippen LogP contribution in [0.3, 0.4) is 0 Å². The van der Waals surface area contributed by atoms with Gasteiger partial charge in [-0.3, -0.25) is 0 Å². The summed E-state index contributed by atoms with van der Waals surface area (Å²) in [5, 5.41) is 7.21. The zero-order chi connectivity index (χ0) is 21.1. The Morgan fingerprint density at radius 2 is 1.97 bits per heavy atom. The minimum atomic E-state index is -0.0929. The second-order valence-corrected chi connectivity index (χ2v) is 7.67. The first kappa shape index (κ1) is 19.9. The summed E-state index contributed by atoms with van der Waals surface area (Å²) >= 11 is 0. The molecule has 1 aliphatic rings. The lowest BCUT2D eigenvalue weighted by atomic mass is 9.98. The summed E-state index contributed by atoms with van der Waals surface area (Å²) in [5.74, 6) is 1.86. The van der Waals surface area contributed by atoms with Crippen LogP contribution < -0.4 is 10.1 Å². The van der Waals surface area contributed by atoms with Crippen LogP contribution in [0.25, 0.3) is 11.4 Å². The fourth-order valence-electron chi connectivity index (χ4n) is 3.84. The van der Waals surface area contributed by atoms with E-state index in [0.29, 0.717) is 24.8 Å². The van der Waals surface area contributed by atoms with Crippen LogP contribution in [-0.2, 0) is 0 Å². The van der Waals surface area contributed by atoms with Gasteiger partial charge in [0.15, 0.2) is 0 Å². The monoisotopic (exact) mass is 406 g/mol. The molecule has 3 aromatic rings. The van der Waals surface area contributed by atoms with Crippen molar-refractivity contribution >= 4 is 11.7 Å². The van der Waals surface area contributed by atoms with E-state index in [4.69, 9.17) is 9.26 Å². The number of rotatable bonds is 4. The molecule has 30 heavy (non-hydrogen) atoms. The Morgan fingerprint density at radius 3 is 2.73 bits per heavy atom. The molecule has 1 aromatic heterocycles. The average Bonchev–Trinajstić information content (AvgIpc) is 3.27. The van der Waals surface area contributed by atoms with Gasteiger partial charge in [0, 0.05) is 24.3 Å². The van der Waals surface area contributed by atoms with E-state index in [9.17, 15) is 4.79 Å². The van der Waals surface area contributed by atoms with Gasteiger partial charge < -0.3 is 19.5 Å². The molecule has 7 nitrogen and oxygen atoms in total. The molecule has 2 aromatic carbocycles. The van der Waals surface area contributed by atoms with E-state index in [-0.39, 0.29) is 11.9 Å². The summed E-state index contributed by atoms with van der Waals surface area (Å²) in [6.45, 7) is 5.26. The van der Waals surface area contributed by atoms with Crippen LogP contribution in [0.2, 0.25) is 0 Å². The van der Waals surface area contributed by atoms with E-state index >= 15 is 0 Å². The number of benzene rings is 2. The lowest BCUT2D eigenvalue weighted by molar-refractivity contribution is 0.184. The number of piperidine rings is 1. The maximum Gasteiger partial charge on any atom is 0.321 e.